The van der Waals surface area contributed by atoms with Gasteiger partial charge in [0.05, 0.1) is 29.8 Å². The van der Waals surface area contributed by atoms with Crippen LogP contribution in [0.15, 0.2) is 133 Å². The molecule has 3 amide bonds. The first-order valence-corrected chi connectivity index (χ1v) is 23.8. The predicted molar refractivity (Wildman–Crippen MR) is 248 cm³/mol. The maximum Gasteiger partial charge on any atom is 0.321 e. The number of hydrogen-bond acceptors (Lipinski definition) is 10. The van der Waals surface area contributed by atoms with Gasteiger partial charge < -0.3 is 45.1 Å². The van der Waals surface area contributed by atoms with Gasteiger partial charge in [0.2, 0.25) is 0 Å². The number of aromatic amines is 1. The molecule has 1 aromatic heterocycles. The number of carbonyl (C=O) groups excluding carboxylic acids is 2. The molecule has 5 aromatic carbocycles. The number of H-pyrrole nitrogens is 1. The summed E-state index contributed by atoms with van der Waals surface area (Å²) in [6.07, 6.45) is -2.56. The molecule has 3 heterocycles. The van der Waals surface area contributed by atoms with Crippen molar-refractivity contribution in [3.63, 3.8) is 0 Å². The lowest BCUT2D eigenvalue weighted by Crippen LogP contribution is -2.50. The molecule has 0 saturated carbocycles. The molecule has 7 N–H and O–H groups in total. The third-order valence-electron chi connectivity index (χ3n) is 11.9. The Labute approximate surface area is 378 Å². The number of para-hydroxylation sites is 1. The van der Waals surface area contributed by atoms with Crippen LogP contribution in [0.25, 0.3) is 10.9 Å². The van der Waals surface area contributed by atoms with E-state index in [1.807, 2.05) is 97.9 Å². The lowest BCUT2D eigenvalue weighted by Gasteiger charge is -2.38. The zero-order valence-electron chi connectivity index (χ0n) is 36.4. The molecule has 65 heavy (non-hydrogen) atoms. The van der Waals surface area contributed by atoms with Crippen molar-refractivity contribution in [1.82, 2.24) is 30.4 Å². The van der Waals surface area contributed by atoms with Gasteiger partial charge in [0.25, 0.3) is 5.91 Å². The molecule has 0 bridgehead atoms. The van der Waals surface area contributed by atoms with Crippen molar-refractivity contribution in [2.75, 3.05) is 18.4 Å². The standard InChI is InChI=1S/C49H56N7O8P/c1-32(48-62-33(2)63-48)54-65(61,64-39-20-10-5-11-21-39)25-13-24-51-47(59)38-19-12-18-36(26-38)30-55-42(28-34-14-6-3-7-15-34)44(57)45(58)43(29-35-16-8-4-9-17-35)56(49(55)60)31-37-22-23-41-40(27-37)46(50)53-52-41/h3-12,14-23,26-27,32-33,42-45,48,57-58H,13,24-25,28-31H2,1-2H3,(H,51,59)(H,54,61)(H3,50,52,53)/t32-,33?,42+,43+,44-,45-,48?,65?/m0/s1. The van der Waals surface area contributed by atoms with Crippen LogP contribution >= 0.6 is 7.52 Å². The van der Waals surface area contributed by atoms with Crippen LogP contribution in [0.3, 0.4) is 0 Å². The number of benzene rings is 5. The van der Waals surface area contributed by atoms with Crippen molar-refractivity contribution in [2.45, 2.75) is 89.1 Å². The summed E-state index contributed by atoms with van der Waals surface area (Å²) in [6, 6.07) is 38.3. The van der Waals surface area contributed by atoms with Crippen LogP contribution in [0.5, 0.6) is 5.75 Å². The fraction of sp³-hybridized carbons (Fsp3) is 0.327. The maximum absolute atomic E-state index is 15.3. The number of aromatic nitrogens is 2. The lowest BCUT2D eigenvalue weighted by atomic mass is 9.91. The average Bonchev–Trinajstić information content (AvgIpc) is 3.66. The minimum atomic E-state index is -3.47. The quantitative estimate of drug-likeness (QED) is 0.0400. The summed E-state index contributed by atoms with van der Waals surface area (Å²) in [5.41, 5.74) is 10.5. The minimum absolute atomic E-state index is 0.0283. The topological polar surface area (TPSA) is 205 Å². The van der Waals surface area contributed by atoms with E-state index in [4.69, 9.17) is 19.7 Å². The van der Waals surface area contributed by atoms with E-state index in [0.29, 0.717) is 34.5 Å². The van der Waals surface area contributed by atoms with Gasteiger partial charge in [-0.25, -0.2) is 9.88 Å². The zero-order chi connectivity index (χ0) is 45.5. The smallest absolute Gasteiger partial charge is 0.321 e. The number of aliphatic hydroxyl groups excluding tert-OH is 2. The molecule has 8 rings (SSSR count). The summed E-state index contributed by atoms with van der Waals surface area (Å²) in [7, 11) is -3.47. The summed E-state index contributed by atoms with van der Waals surface area (Å²) < 4.78 is 31.4. The van der Waals surface area contributed by atoms with Crippen LogP contribution in [0.2, 0.25) is 0 Å². The lowest BCUT2D eigenvalue weighted by molar-refractivity contribution is -0.381. The Balaban J connectivity index is 1.02. The number of nitrogens with zero attached hydrogens (tertiary/aromatic N) is 3. The Morgan fingerprint density at radius 1 is 0.815 bits per heavy atom. The van der Waals surface area contributed by atoms with Crippen molar-refractivity contribution in [3.8, 4) is 5.75 Å². The first-order chi connectivity index (χ1) is 31.4. The number of fused-ring (bicyclic) bond motifs is 1. The van der Waals surface area contributed by atoms with E-state index in [2.05, 4.69) is 20.6 Å². The Morgan fingerprint density at radius 2 is 1.38 bits per heavy atom. The zero-order valence-corrected chi connectivity index (χ0v) is 37.3. The van der Waals surface area contributed by atoms with Gasteiger partial charge in [-0.05, 0) is 91.8 Å². The molecule has 340 valence electrons. The molecule has 0 aliphatic carbocycles. The molecule has 2 saturated heterocycles. The first kappa shape index (κ1) is 45.5. The normalized spacial score (nSPS) is 22.4. The molecule has 0 radical (unpaired) electrons. The van der Waals surface area contributed by atoms with Gasteiger partial charge in [0.15, 0.2) is 18.4 Å². The number of urea groups is 1. The minimum Gasteiger partial charge on any atom is -0.433 e. The van der Waals surface area contributed by atoms with E-state index >= 15 is 4.79 Å². The molecule has 6 atom stereocenters. The largest absolute Gasteiger partial charge is 0.433 e. The Morgan fingerprint density at radius 3 is 1.98 bits per heavy atom. The number of carbonyl (C=O) groups is 2. The van der Waals surface area contributed by atoms with Crippen LogP contribution in [0.1, 0.15) is 52.9 Å². The summed E-state index contributed by atoms with van der Waals surface area (Å²) in [4.78, 5) is 32.3. The number of hydrogen-bond donors (Lipinski definition) is 6. The maximum atomic E-state index is 15.3. The van der Waals surface area contributed by atoms with Gasteiger partial charge in [-0.3, -0.25) is 14.5 Å². The number of rotatable bonds is 18. The van der Waals surface area contributed by atoms with E-state index < -0.39 is 44.1 Å². The van der Waals surface area contributed by atoms with E-state index in [-0.39, 0.29) is 56.9 Å². The van der Waals surface area contributed by atoms with Crippen molar-refractivity contribution >= 4 is 36.2 Å². The predicted octanol–water partition coefficient (Wildman–Crippen LogP) is 6.62. The highest BCUT2D eigenvalue weighted by atomic mass is 31.2. The van der Waals surface area contributed by atoms with Crippen molar-refractivity contribution in [3.05, 3.63) is 161 Å². The number of nitrogens with two attached hydrogens (primary N) is 1. The molecule has 16 heteroatoms. The number of nitrogens with one attached hydrogen (secondary N) is 3. The number of nitrogen functional groups attached to an aromatic ring is 1. The Hall–Kier alpha value is -6.06. The fourth-order valence-electron chi connectivity index (χ4n) is 8.57. The van der Waals surface area contributed by atoms with E-state index in [1.54, 1.807) is 59.2 Å². The van der Waals surface area contributed by atoms with Crippen molar-refractivity contribution in [1.29, 1.82) is 0 Å². The monoisotopic (exact) mass is 901 g/mol. The second-order valence-corrected chi connectivity index (χ2v) is 19.0. The first-order valence-electron chi connectivity index (χ1n) is 22.0. The molecule has 0 spiro atoms. The Bertz CT molecular complexity index is 2580. The SMILES string of the molecule is CC1OC([C@H](C)NP(=O)(CCCNC(=O)c2cccc(CN3C(=O)N(Cc4ccc5[nH]nc(N)c5c4)[C@H](Cc4ccccc4)[C@H](O)[C@@H](O)[C@H]3Cc3ccccc3)c2)Oc2ccccc2)O1. The van der Waals surface area contributed by atoms with Gasteiger partial charge in [-0.1, -0.05) is 97.1 Å². The fourth-order valence-corrected chi connectivity index (χ4v) is 10.6. The molecule has 15 nitrogen and oxygen atoms in total. The second-order valence-electron chi connectivity index (χ2n) is 16.8. The molecule has 6 aromatic rings. The molecule has 2 aliphatic heterocycles. The van der Waals surface area contributed by atoms with E-state index in [0.717, 1.165) is 22.2 Å². The summed E-state index contributed by atoms with van der Waals surface area (Å²) >= 11 is 0. The molecule has 2 aliphatic rings. The summed E-state index contributed by atoms with van der Waals surface area (Å²) in [6.45, 7) is 3.94. The highest BCUT2D eigenvalue weighted by Gasteiger charge is 2.46. The third kappa shape index (κ3) is 11.1. The molecular weight excluding hydrogens is 846 g/mol. The molecular formula is C49H56N7O8P. The van der Waals surface area contributed by atoms with E-state index in [1.165, 1.54) is 0 Å². The average molecular weight is 902 g/mol. The molecule has 2 fully saturated rings. The Kier molecular flexibility index (Phi) is 14.3. The van der Waals surface area contributed by atoms with Crippen LogP contribution in [-0.4, -0.2) is 97.8 Å². The number of ether oxygens (including phenoxy) is 2. The van der Waals surface area contributed by atoms with Crippen molar-refractivity contribution < 1.29 is 38.4 Å². The van der Waals surface area contributed by atoms with Gasteiger partial charge in [0.1, 0.15) is 18.0 Å². The number of aliphatic hydroxyl groups is 2. The van der Waals surface area contributed by atoms with Gasteiger partial charge in [0, 0.05) is 30.6 Å². The third-order valence-corrected chi connectivity index (χ3v) is 14.1. The second kappa shape index (κ2) is 20.4. The molecule has 1 unspecified atom stereocenters. The number of anilines is 1. The van der Waals surface area contributed by atoms with Crippen LogP contribution in [0, 0.1) is 0 Å². The number of amides is 3. The highest BCUT2D eigenvalue weighted by molar-refractivity contribution is 7.57. The van der Waals surface area contributed by atoms with E-state index in [9.17, 15) is 19.6 Å². The van der Waals surface area contributed by atoms with Gasteiger partial charge in [-0.2, -0.15) is 5.10 Å². The van der Waals surface area contributed by atoms with Crippen molar-refractivity contribution in [2.24, 2.45) is 0 Å². The van der Waals surface area contributed by atoms with Gasteiger partial charge >= 0.3 is 13.6 Å². The van der Waals surface area contributed by atoms with Crippen LogP contribution < -0.4 is 20.7 Å². The van der Waals surface area contributed by atoms with Gasteiger partial charge in [-0.15, -0.1) is 0 Å². The van der Waals surface area contributed by atoms with Crippen LogP contribution in [0.4, 0.5) is 10.6 Å². The summed E-state index contributed by atoms with van der Waals surface area (Å²) in [5, 5.41) is 38.2. The summed E-state index contributed by atoms with van der Waals surface area (Å²) in [5.74, 6) is 0.429. The van der Waals surface area contributed by atoms with Crippen LogP contribution in [-0.2, 0) is 40.0 Å². The highest BCUT2D eigenvalue weighted by Crippen LogP contribution is 2.45.